The van der Waals surface area contributed by atoms with Crippen LogP contribution < -0.4 is 0 Å². The molecule has 0 aliphatic rings. The molecule has 0 radical (unpaired) electrons. The quantitative estimate of drug-likeness (QED) is 0.751. The Morgan fingerprint density at radius 2 is 1.74 bits per heavy atom. The van der Waals surface area contributed by atoms with Crippen molar-refractivity contribution >= 4 is 29.0 Å². The van der Waals surface area contributed by atoms with E-state index < -0.39 is 11.6 Å². The predicted octanol–water partition coefficient (Wildman–Crippen LogP) is 4.70. The number of rotatable bonds is 3. The van der Waals surface area contributed by atoms with E-state index in [9.17, 15) is 13.6 Å². The van der Waals surface area contributed by atoms with Crippen LogP contribution in [-0.2, 0) is 6.42 Å². The first-order valence-corrected chi connectivity index (χ1v) is 6.15. The number of hydrogen-bond acceptors (Lipinski definition) is 1. The summed E-state index contributed by atoms with van der Waals surface area (Å²) in [5.41, 5.74) is 0.638. The molecule has 2 aromatic rings. The third-order valence-electron chi connectivity index (χ3n) is 2.60. The maximum absolute atomic E-state index is 13.0. The van der Waals surface area contributed by atoms with Crippen molar-refractivity contribution in [3.63, 3.8) is 0 Å². The number of hydrogen-bond donors (Lipinski definition) is 0. The molecule has 0 saturated heterocycles. The number of ketones is 1. The first kappa shape index (κ1) is 14.0. The molecule has 0 heterocycles. The monoisotopic (exact) mass is 300 g/mol. The average molecular weight is 301 g/mol. The summed E-state index contributed by atoms with van der Waals surface area (Å²) in [5, 5.41) is 0.859. The van der Waals surface area contributed by atoms with Gasteiger partial charge in [0.05, 0.1) is 0 Å². The highest BCUT2D eigenvalue weighted by atomic mass is 35.5. The molecule has 0 aliphatic heterocycles. The highest BCUT2D eigenvalue weighted by Gasteiger charge is 2.12. The first-order chi connectivity index (χ1) is 8.97. The number of carbonyl (C=O) groups is 1. The average Bonchev–Trinajstić information content (AvgIpc) is 2.37. The van der Waals surface area contributed by atoms with Gasteiger partial charge in [-0.2, -0.15) is 0 Å². The van der Waals surface area contributed by atoms with Gasteiger partial charge in [-0.3, -0.25) is 4.79 Å². The minimum Gasteiger partial charge on any atom is -0.294 e. The minimum absolute atomic E-state index is 0.0233. The Morgan fingerprint density at radius 1 is 1.00 bits per heavy atom. The number of Topliss-reactive ketones (excluding diaryl/α,β-unsaturated/α-hetero) is 1. The summed E-state index contributed by atoms with van der Waals surface area (Å²) in [4.78, 5) is 12.0. The van der Waals surface area contributed by atoms with Gasteiger partial charge in [-0.25, -0.2) is 8.78 Å². The number of carbonyl (C=O) groups excluding carboxylic acids is 1. The SMILES string of the molecule is O=C(Cc1cc(Cl)ccc1Cl)c1ccc(F)c(F)c1. The Balaban J connectivity index is 2.25. The van der Waals surface area contributed by atoms with E-state index >= 15 is 0 Å². The van der Waals surface area contributed by atoms with Crippen LogP contribution in [0.3, 0.4) is 0 Å². The maximum Gasteiger partial charge on any atom is 0.167 e. The lowest BCUT2D eigenvalue weighted by Gasteiger charge is -2.05. The fraction of sp³-hybridized carbons (Fsp3) is 0.0714. The van der Waals surface area contributed by atoms with Gasteiger partial charge in [0.25, 0.3) is 0 Å². The zero-order chi connectivity index (χ0) is 14.0. The molecule has 0 atom stereocenters. The third kappa shape index (κ3) is 3.31. The zero-order valence-corrected chi connectivity index (χ0v) is 11.1. The summed E-state index contributed by atoms with van der Waals surface area (Å²) >= 11 is 11.8. The van der Waals surface area contributed by atoms with Crippen LogP contribution >= 0.6 is 23.2 Å². The molecule has 98 valence electrons. The van der Waals surface area contributed by atoms with Crippen molar-refractivity contribution in [1.29, 1.82) is 0 Å². The second kappa shape index (κ2) is 5.68. The Hall–Kier alpha value is -1.45. The molecule has 5 heteroatoms. The van der Waals surface area contributed by atoms with E-state index in [1.165, 1.54) is 6.07 Å². The molecule has 0 N–H and O–H groups in total. The van der Waals surface area contributed by atoms with Gasteiger partial charge in [0.1, 0.15) is 0 Å². The summed E-state index contributed by atoms with van der Waals surface area (Å²) in [7, 11) is 0. The van der Waals surface area contributed by atoms with E-state index in [2.05, 4.69) is 0 Å². The van der Waals surface area contributed by atoms with Gasteiger partial charge >= 0.3 is 0 Å². The van der Waals surface area contributed by atoms with Gasteiger partial charge in [-0.15, -0.1) is 0 Å². The standard InChI is InChI=1S/C14H8Cl2F2O/c15-10-2-3-11(16)9(5-10)7-14(19)8-1-4-12(17)13(18)6-8/h1-6H,7H2. The van der Waals surface area contributed by atoms with Gasteiger partial charge in [-0.1, -0.05) is 23.2 Å². The highest BCUT2D eigenvalue weighted by molar-refractivity contribution is 6.33. The number of halogens is 4. The summed E-state index contributed by atoms with van der Waals surface area (Å²) < 4.78 is 25.8. The van der Waals surface area contributed by atoms with Crippen molar-refractivity contribution < 1.29 is 13.6 Å². The van der Waals surface area contributed by atoms with Crippen molar-refractivity contribution in [2.75, 3.05) is 0 Å². The largest absolute Gasteiger partial charge is 0.294 e. The Bertz CT molecular complexity index is 641. The smallest absolute Gasteiger partial charge is 0.167 e. The lowest BCUT2D eigenvalue weighted by Crippen LogP contribution is -2.05. The molecular weight excluding hydrogens is 293 g/mol. The summed E-state index contributed by atoms with van der Waals surface area (Å²) in [6.07, 6.45) is -0.0233. The molecule has 2 aromatic carbocycles. The van der Waals surface area contributed by atoms with Crippen LogP contribution in [0.2, 0.25) is 10.0 Å². The molecule has 0 aromatic heterocycles. The molecule has 2 rings (SSSR count). The molecule has 0 amide bonds. The van der Waals surface area contributed by atoms with E-state index in [4.69, 9.17) is 23.2 Å². The van der Waals surface area contributed by atoms with E-state index in [-0.39, 0.29) is 17.8 Å². The van der Waals surface area contributed by atoms with Crippen molar-refractivity contribution in [3.8, 4) is 0 Å². The Labute approximate surface area is 118 Å². The molecular formula is C14H8Cl2F2O. The van der Waals surface area contributed by atoms with Crippen molar-refractivity contribution in [2.45, 2.75) is 6.42 Å². The molecule has 0 fully saturated rings. The van der Waals surface area contributed by atoms with E-state index in [1.54, 1.807) is 18.2 Å². The van der Waals surface area contributed by atoms with Crippen molar-refractivity contribution in [2.24, 2.45) is 0 Å². The van der Waals surface area contributed by atoms with Crippen LogP contribution in [0.1, 0.15) is 15.9 Å². The molecule has 0 saturated carbocycles. The summed E-state index contributed by atoms with van der Waals surface area (Å²) in [6.45, 7) is 0. The fourth-order valence-electron chi connectivity index (χ4n) is 1.62. The van der Waals surface area contributed by atoms with Gasteiger partial charge < -0.3 is 0 Å². The number of benzene rings is 2. The lowest BCUT2D eigenvalue weighted by molar-refractivity contribution is 0.0992. The van der Waals surface area contributed by atoms with Crippen LogP contribution in [0.4, 0.5) is 8.78 Å². The normalized spacial score (nSPS) is 10.5. The molecule has 19 heavy (non-hydrogen) atoms. The van der Waals surface area contributed by atoms with E-state index in [1.807, 2.05) is 0 Å². The maximum atomic E-state index is 13.0. The summed E-state index contributed by atoms with van der Waals surface area (Å²) in [5.74, 6) is -2.40. The van der Waals surface area contributed by atoms with Crippen LogP contribution in [0.5, 0.6) is 0 Å². The van der Waals surface area contributed by atoms with Crippen LogP contribution in [-0.4, -0.2) is 5.78 Å². The Kier molecular flexibility index (Phi) is 4.17. The molecule has 0 spiro atoms. The second-order valence-corrected chi connectivity index (χ2v) is 4.81. The fourth-order valence-corrected chi connectivity index (χ4v) is 2.00. The zero-order valence-electron chi connectivity index (χ0n) is 9.59. The Morgan fingerprint density at radius 3 is 2.42 bits per heavy atom. The topological polar surface area (TPSA) is 17.1 Å². The van der Waals surface area contributed by atoms with Crippen molar-refractivity contribution in [1.82, 2.24) is 0 Å². The summed E-state index contributed by atoms with van der Waals surface area (Å²) in [6, 6.07) is 7.78. The minimum atomic E-state index is -1.05. The highest BCUT2D eigenvalue weighted by Crippen LogP contribution is 2.22. The van der Waals surface area contributed by atoms with Crippen LogP contribution in [0, 0.1) is 11.6 Å². The van der Waals surface area contributed by atoms with Crippen LogP contribution in [0.15, 0.2) is 36.4 Å². The van der Waals surface area contributed by atoms with Crippen molar-refractivity contribution in [3.05, 3.63) is 69.2 Å². The van der Waals surface area contributed by atoms with E-state index in [0.29, 0.717) is 15.6 Å². The second-order valence-electron chi connectivity index (χ2n) is 3.96. The lowest BCUT2D eigenvalue weighted by atomic mass is 10.0. The van der Waals surface area contributed by atoms with Gasteiger partial charge in [0.2, 0.25) is 0 Å². The van der Waals surface area contributed by atoms with Gasteiger partial charge in [0.15, 0.2) is 17.4 Å². The molecule has 1 nitrogen and oxygen atoms in total. The molecule has 0 bridgehead atoms. The van der Waals surface area contributed by atoms with Gasteiger partial charge in [-0.05, 0) is 42.0 Å². The first-order valence-electron chi connectivity index (χ1n) is 5.39. The van der Waals surface area contributed by atoms with Gasteiger partial charge in [0, 0.05) is 22.0 Å². The van der Waals surface area contributed by atoms with Crippen LogP contribution in [0.25, 0.3) is 0 Å². The van der Waals surface area contributed by atoms with E-state index in [0.717, 1.165) is 12.1 Å². The third-order valence-corrected chi connectivity index (χ3v) is 3.20. The molecule has 0 aliphatic carbocycles. The predicted molar refractivity (Wildman–Crippen MR) is 70.9 cm³/mol. The molecule has 0 unspecified atom stereocenters.